The van der Waals surface area contributed by atoms with E-state index in [0.29, 0.717) is 17.1 Å². The van der Waals surface area contributed by atoms with Crippen molar-refractivity contribution in [1.82, 2.24) is 0 Å². The van der Waals surface area contributed by atoms with Gasteiger partial charge in [-0.1, -0.05) is 11.8 Å². The molecule has 0 aliphatic heterocycles. The van der Waals surface area contributed by atoms with Crippen LogP contribution in [0.1, 0.15) is 11.3 Å². The van der Waals surface area contributed by atoms with Crippen molar-refractivity contribution in [3.8, 4) is 17.4 Å². The number of nitro benzene ring substituents is 1. The Morgan fingerprint density at radius 1 is 0.903 bits per heavy atom. The van der Waals surface area contributed by atoms with Crippen LogP contribution in [0.25, 0.3) is 11.3 Å². The van der Waals surface area contributed by atoms with Gasteiger partial charge >= 0.3 is 0 Å². The summed E-state index contributed by atoms with van der Waals surface area (Å²) in [5, 5.41) is 19.6. The molecule has 0 N–H and O–H groups in total. The van der Waals surface area contributed by atoms with E-state index in [1.165, 1.54) is 23.9 Å². The highest BCUT2D eigenvalue weighted by Gasteiger charge is 2.06. The lowest BCUT2D eigenvalue weighted by atomic mass is 10.1. The fourth-order valence-corrected chi connectivity index (χ4v) is 3.61. The summed E-state index contributed by atoms with van der Waals surface area (Å²) in [5.41, 5.74) is 2.36. The van der Waals surface area contributed by atoms with E-state index in [-0.39, 0.29) is 5.69 Å². The van der Waals surface area contributed by atoms with Crippen LogP contribution in [0, 0.1) is 21.4 Å². The van der Waals surface area contributed by atoms with Crippen molar-refractivity contribution in [2.24, 2.45) is 4.99 Å². The summed E-state index contributed by atoms with van der Waals surface area (Å²) in [6, 6.07) is 27.2. The number of hydrogen-bond donors (Lipinski definition) is 0. The second-order valence-electron chi connectivity index (χ2n) is 6.50. The van der Waals surface area contributed by atoms with Gasteiger partial charge in [-0.15, -0.1) is 0 Å². The van der Waals surface area contributed by atoms with Crippen LogP contribution in [-0.2, 0) is 0 Å². The minimum atomic E-state index is -0.409. The van der Waals surface area contributed by atoms with Gasteiger partial charge in [0.15, 0.2) is 0 Å². The first-order valence-electron chi connectivity index (χ1n) is 9.27. The highest BCUT2D eigenvalue weighted by molar-refractivity contribution is 7.99. The van der Waals surface area contributed by atoms with E-state index < -0.39 is 4.92 Å². The summed E-state index contributed by atoms with van der Waals surface area (Å²) in [6.07, 6.45) is 1.66. The first-order chi connectivity index (χ1) is 15.1. The number of rotatable bonds is 6. The third kappa shape index (κ3) is 5.07. The Bertz CT molecular complexity index is 1270. The maximum Gasteiger partial charge on any atom is 0.269 e. The molecule has 3 aromatic carbocycles. The molecule has 0 spiro atoms. The van der Waals surface area contributed by atoms with Crippen LogP contribution in [0.2, 0.25) is 0 Å². The Kier molecular flexibility index (Phi) is 5.92. The van der Waals surface area contributed by atoms with E-state index in [0.717, 1.165) is 21.0 Å². The number of nitrogens with zero attached hydrogens (tertiary/aromatic N) is 3. The predicted molar refractivity (Wildman–Crippen MR) is 120 cm³/mol. The molecule has 4 rings (SSSR count). The number of nitro groups is 1. The topological polar surface area (TPSA) is 92.4 Å². The van der Waals surface area contributed by atoms with Crippen LogP contribution in [-0.4, -0.2) is 11.1 Å². The number of nitriles is 1. The van der Waals surface area contributed by atoms with Gasteiger partial charge in [0.05, 0.1) is 28.5 Å². The molecule has 0 aliphatic rings. The molecule has 150 valence electrons. The van der Waals surface area contributed by atoms with Crippen LogP contribution in [0.5, 0.6) is 0 Å². The molecule has 0 radical (unpaired) electrons. The van der Waals surface area contributed by atoms with Gasteiger partial charge in [-0.25, -0.2) is 0 Å². The predicted octanol–water partition coefficient (Wildman–Crippen LogP) is 6.63. The van der Waals surface area contributed by atoms with Gasteiger partial charge in [-0.2, -0.15) is 5.26 Å². The number of benzene rings is 3. The summed E-state index contributed by atoms with van der Waals surface area (Å²) in [5.74, 6) is 1.34. The molecule has 0 fully saturated rings. The highest BCUT2D eigenvalue weighted by Crippen LogP contribution is 2.30. The summed E-state index contributed by atoms with van der Waals surface area (Å²) >= 11 is 1.52. The summed E-state index contributed by atoms with van der Waals surface area (Å²) in [7, 11) is 0. The van der Waals surface area contributed by atoms with E-state index in [1.54, 1.807) is 30.5 Å². The fourth-order valence-electron chi connectivity index (χ4n) is 2.80. The molecule has 4 aromatic rings. The normalized spacial score (nSPS) is 10.8. The van der Waals surface area contributed by atoms with E-state index >= 15 is 0 Å². The molecule has 0 amide bonds. The first-order valence-corrected chi connectivity index (χ1v) is 10.1. The van der Waals surface area contributed by atoms with Crippen LogP contribution in [0.3, 0.4) is 0 Å². The lowest BCUT2D eigenvalue weighted by Crippen LogP contribution is -1.86. The van der Waals surface area contributed by atoms with Crippen LogP contribution < -0.4 is 0 Å². The maximum absolute atomic E-state index is 10.7. The molecule has 0 atom stereocenters. The Morgan fingerprint density at radius 3 is 2.16 bits per heavy atom. The second kappa shape index (κ2) is 9.11. The molecule has 0 unspecified atom stereocenters. The molecule has 31 heavy (non-hydrogen) atoms. The summed E-state index contributed by atoms with van der Waals surface area (Å²) in [6.45, 7) is 0. The van der Waals surface area contributed by atoms with Gasteiger partial charge in [0.25, 0.3) is 5.69 Å². The molecule has 0 bridgehead atoms. The minimum absolute atomic E-state index is 0.0781. The molecule has 1 heterocycles. The molecule has 1 aromatic heterocycles. The standard InChI is InChI=1S/C24H15N3O3S/c25-15-17-1-3-18(4-2-17)24-14-9-21(30-24)16-26-19-5-10-22(11-6-19)31-23-12-7-20(8-13-23)27(28)29/h1-14,16H. The largest absolute Gasteiger partial charge is 0.455 e. The van der Waals surface area contributed by atoms with Crippen molar-refractivity contribution in [3.05, 3.63) is 106 Å². The van der Waals surface area contributed by atoms with Crippen molar-refractivity contribution >= 4 is 29.4 Å². The van der Waals surface area contributed by atoms with Gasteiger partial charge in [-0.3, -0.25) is 15.1 Å². The zero-order valence-electron chi connectivity index (χ0n) is 16.1. The molecule has 0 aliphatic carbocycles. The van der Waals surface area contributed by atoms with E-state index in [1.807, 2.05) is 48.5 Å². The zero-order valence-corrected chi connectivity index (χ0v) is 17.0. The Morgan fingerprint density at radius 2 is 1.55 bits per heavy atom. The van der Waals surface area contributed by atoms with Gasteiger partial charge in [0.2, 0.25) is 0 Å². The Labute approximate surface area is 182 Å². The second-order valence-corrected chi connectivity index (χ2v) is 7.64. The monoisotopic (exact) mass is 425 g/mol. The van der Waals surface area contributed by atoms with Crippen molar-refractivity contribution in [3.63, 3.8) is 0 Å². The van der Waals surface area contributed by atoms with Crippen LogP contribution in [0.15, 0.2) is 104 Å². The highest BCUT2D eigenvalue weighted by atomic mass is 32.2. The van der Waals surface area contributed by atoms with Crippen molar-refractivity contribution < 1.29 is 9.34 Å². The molecule has 0 saturated heterocycles. The van der Waals surface area contributed by atoms with Gasteiger partial charge in [-0.05, 0) is 72.8 Å². The van der Waals surface area contributed by atoms with Crippen LogP contribution in [0.4, 0.5) is 11.4 Å². The van der Waals surface area contributed by atoms with Crippen molar-refractivity contribution in [2.75, 3.05) is 0 Å². The zero-order chi connectivity index (χ0) is 21.6. The quantitative estimate of drug-likeness (QED) is 0.196. The average Bonchev–Trinajstić information content (AvgIpc) is 3.28. The smallest absolute Gasteiger partial charge is 0.269 e. The van der Waals surface area contributed by atoms with E-state index in [4.69, 9.17) is 9.68 Å². The Balaban J connectivity index is 1.40. The third-order valence-corrected chi connectivity index (χ3v) is 5.40. The summed E-state index contributed by atoms with van der Waals surface area (Å²) < 4.78 is 5.81. The lowest BCUT2D eigenvalue weighted by molar-refractivity contribution is -0.384. The number of hydrogen-bond acceptors (Lipinski definition) is 6. The lowest BCUT2D eigenvalue weighted by Gasteiger charge is -2.02. The first kappa shape index (κ1) is 20.1. The number of furan rings is 1. The Hall–Kier alpha value is -4.15. The van der Waals surface area contributed by atoms with Crippen molar-refractivity contribution in [2.45, 2.75) is 9.79 Å². The number of non-ortho nitro benzene ring substituents is 1. The number of aliphatic imine (C=N–C) groups is 1. The summed E-state index contributed by atoms with van der Waals surface area (Å²) in [4.78, 5) is 16.7. The van der Waals surface area contributed by atoms with E-state index in [2.05, 4.69) is 11.1 Å². The third-order valence-electron chi connectivity index (χ3n) is 4.39. The molecular formula is C24H15N3O3S. The van der Waals surface area contributed by atoms with E-state index in [9.17, 15) is 10.1 Å². The van der Waals surface area contributed by atoms with Gasteiger partial charge in [0.1, 0.15) is 11.5 Å². The van der Waals surface area contributed by atoms with Crippen molar-refractivity contribution in [1.29, 1.82) is 5.26 Å². The molecule has 7 heteroatoms. The average molecular weight is 425 g/mol. The minimum Gasteiger partial charge on any atom is -0.455 e. The van der Waals surface area contributed by atoms with Gasteiger partial charge in [0, 0.05) is 27.5 Å². The van der Waals surface area contributed by atoms with Gasteiger partial charge < -0.3 is 4.42 Å². The fraction of sp³-hybridized carbons (Fsp3) is 0. The van der Waals surface area contributed by atoms with Crippen LogP contribution >= 0.6 is 11.8 Å². The maximum atomic E-state index is 10.7. The SMILES string of the molecule is N#Cc1ccc(-c2ccc(C=Nc3ccc(Sc4ccc([N+](=O)[O-])cc4)cc3)o2)cc1. The molecule has 0 saturated carbocycles. The molecule has 6 nitrogen and oxygen atoms in total. The molecular weight excluding hydrogens is 410 g/mol.